The Bertz CT molecular complexity index is 1000. The van der Waals surface area contributed by atoms with Crippen molar-refractivity contribution in [2.45, 2.75) is 0 Å². The second-order valence-corrected chi connectivity index (χ2v) is 7.24. The van der Waals surface area contributed by atoms with Crippen LogP contribution in [-0.2, 0) is 4.79 Å². The minimum atomic E-state index is 0.0183. The van der Waals surface area contributed by atoms with Crippen LogP contribution in [0.15, 0.2) is 73.1 Å². The van der Waals surface area contributed by atoms with Gasteiger partial charge < -0.3 is 9.80 Å². The summed E-state index contributed by atoms with van der Waals surface area (Å²) in [6.07, 6.45) is 5.39. The second-order valence-electron chi connectivity index (χ2n) is 6.81. The van der Waals surface area contributed by atoms with Crippen molar-refractivity contribution >= 4 is 35.1 Å². The highest BCUT2D eigenvalue weighted by Crippen LogP contribution is 2.23. The lowest BCUT2D eigenvalue weighted by Crippen LogP contribution is -2.49. The van der Waals surface area contributed by atoms with Gasteiger partial charge in [0, 0.05) is 49.2 Å². The molecule has 1 aromatic heterocycles. The van der Waals surface area contributed by atoms with Crippen molar-refractivity contribution < 1.29 is 4.79 Å². The van der Waals surface area contributed by atoms with E-state index in [4.69, 9.17) is 11.6 Å². The molecular formula is C23H21ClN4O. The molecule has 3 aromatic rings. The predicted molar refractivity (Wildman–Crippen MR) is 117 cm³/mol. The first-order chi connectivity index (χ1) is 14.2. The molecule has 1 amide bonds. The summed E-state index contributed by atoms with van der Waals surface area (Å²) in [5.74, 6) is 0.724. The fourth-order valence-electron chi connectivity index (χ4n) is 3.38. The monoisotopic (exact) mass is 404 g/mol. The maximum Gasteiger partial charge on any atom is 0.254 e. The number of carbonyl (C=O) groups excluding carboxylic acids is 1. The van der Waals surface area contributed by atoms with Crippen molar-refractivity contribution in [3.8, 4) is 0 Å². The van der Waals surface area contributed by atoms with E-state index in [9.17, 15) is 4.79 Å². The van der Waals surface area contributed by atoms with Crippen molar-refractivity contribution in [2.75, 3.05) is 31.1 Å². The molecule has 1 saturated heterocycles. The lowest BCUT2D eigenvalue weighted by Gasteiger charge is -2.35. The molecule has 1 fully saturated rings. The summed E-state index contributed by atoms with van der Waals surface area (Å²) in [5, 5.41) is 0.648. The van der Waals surface area contributed by atoms with Gasteiger partial charge in [-0.3, -0.25) is 4.79 Å². The molecule has 0 aliphatic carbocycles. The van der Waals surface area contributed by atoms with Gasteiger partial charge in [-0.2, -0.15) is 0 Å². The van der Waals surface area contributed by atoms with Gasteiger partial charge in [0.05, 0.1) is 0 Å². The molecule has 0 unspecified atom stereocenters. The average molecular weight is 405 g/mol. The van der Waals surface area contributed by atoms with E-state index in [1.54, 1.807) is 18.5 Å². The number of amides is 1. The fourth-order valence-corrected chi connectivity index (χ4v) is 3.58. The van der Waals surface area contributed by atoms with E-state index in [0.717, 1.165) is 11.1 Å². The normalized spacial score (nSPS) is 14.7. The number of rotatable bonds is 4. The quantitative estimate of drug-likeness (QED) is 0.486. The van der Waals surface area contributed by atoms with Crippen molar-refractivity contribution in [1.82, 2.24) is 14.9 Å². The minimum absolute atomic E-state index is 0.0183. The molecule has 0 spiro atoms. The average Bonchev–Trinajstić information content (AvgIpc) is 2.78. The number of hydrogen-bond donors (Lipinski definition) is 0. The zero-order chi connectivity index (χ0) is 20.1. The topological polar surface area (TPSA) is 49.3 Å². The number of carbonyl (C=O) groups is 1. The molecule has 1 aliphatic rings. The van der Waals surface area contributed by atoms with E-state index in [2.05, 4.69) is 14.9 Å². The summed E-state index contributed by atoms with van der Waals surface area (Å²) >= 11 is 6.13. The van der Waals surface area contributed by atoms with Crippen LogP contribution >= 0.6 is 11.6 Å². The molecule has 0 saturated carbocycles. The molecule has 6 heteroatoms. The van der Waals surface area contributed by atoms with E-state index in [-0.39, 0.29) is 5.91 Å². The summed E-state index contributed by atoms with van der Waals surface area (Å²) in [7, 11) is 0. The van der Waals surface area contributed by atoms with Crippen LogP contribution in [-0.4, -0.2) is 47.0 Å². The third-order valence-electron chi connectivity index (χ3n) is 4.88. The Labute approximate surface area is 175 Å². The Kier molecular flexibility index (Phi) is 5.86. The first kappa shape index (κ1) is 19.2. The molecule has 1 aliphatic heterocycles. The van der Waals surface area contributed by atoms with Crippen molar-refractivity contribution in [2.24, 2.45) is 0 Å². The Morgan fingerprint density at radius 1 is 0.897 bits per heavy atom. The van der Waals surface area contributed by atoms with Crippen LogP contribution < -0.4 is 4.90 Å². The molecule has 2 aromatic carbocycles. The minimum Gasteiger partial charge on any atom is -0.337 e. The number of nitrogens with zero attached hydrogens (tertiary/aromatic N) is 4. The van der Waals surface area contributed by atoms with Crippen LogP contribution in [0.4, 0.5) is 5.95 Å². The van der Waals surface area contributed by atoms with E-state index < -0.39 is 0 Å². The maximum atomic E-state index is 13.4. The molecule has 4 rings (SSSR count). The molecular weight excluding hydrogens is 384 g/mol. The zero-order valence-electron chi connectivity index (χ0n) is 15.9. The van der Waals surface area contributed by atoms with Crippen LogP contribution in [0.3, 0.4) is 0 Å². The van der Waals surface area contributed by atoms with Gasteiger partial charge in [-0.25, -0.2) is 9.97 Å². The van der Waals surface area contributed by atoms with Crippen LogP contribution in [0.25, 0.3) is 11.6 Å². The molecule has 0 bridgehead atoms. The largest absolute Gasteiger partial charge is 0.337 e. The summed E-state index contributed by atoms with van der Waals surface area (Å²) in [4.78, 5) is 26.0. The lowest BCUT2D eigenvalue weighted by atomic mass is 10.0. The molecule has 146 valence electrons. The molecule has 5 nitrogen and oxygen atoms in total. The number of hydrogen-bond acceptors (Lipinski definition) is 4. The molecule has 2 heterocycles. The number of halogens is 1. The zero-order valence-corrected chi connectivity index (χ0v) is 16.7. The van der Waals surface area contributed by atoms with E-state index in [1.165, 1.54) is 0 Å². The van der Waals surface area contributed by atoms with Crippen LogP contribution in [0.2, 0.25) is 5.02 Å². The highest BCUT2D eigenvalue weighted by atomic mass is 35.5. The number of benzene rings is 2. The molecule has 0 atom stereocenters. The lowest BCUT2D eigenvalue weighted by molar-refractivity contribution is -0.125. The summed E-state index contributed by atoms with van der Waals surface area (Å²) in [5.41, 5.74) is 2.46. The molecule has 0 N–H and O–H groups in total. The summed E-state index contributed by atoms with van der Waals surface area (Å²) < 4.78 is 0. The highest BCUT2D eigenvalue weighted by Gasteiger charge is 2.25. The Balaban J connectivity index is 1.56. The Morgan fingerprint density at radius 3 is 2.31 bits per heavy atom. The van der Waals surface area contributed by atoms with Crippen molar-refractivity contribution in [3.63, 3.8) is 0 Å². The van der Waals surface area contributed by atoms with Crippen molar-refractivity contribution in [3.05, 3.63) is 89.2 Å². The fraction of sp³-hybridized carbons (Fsp3) is 0.174. The van der Waals surface area contributed by atoms with Gasteiger partial charge in [-0.15, -0.1) is 0 Å². The van der Waals surface area contributed by atoms with E-state index in [1.807, 2.05) is 65.6 Å². The first-order valence-corrected chi connectivity index (χ1v) is 9.92. The summed E-state index contributed by atoms with van der Waals surface area (Å²) in [6, 6.07) is 19.1. The third kappa shape index (κ3) is 4.63. The SMILES string of the molecule is O=C(/C(=C/c1cccc(Cl)c1)c1ccccc1)N1CCN(c2ncccn2)CC1. The summed E-state index contributed by atoms with van der Waals surface area (Å²) in [6.45, 7) is 2.65. The van der Waals surface area contributed by atoms with Gasteiger partial charge in [0.1, 0.15) is 0 Å². The predicted octanol–water partition coefficient (Wildman–Crippen LogP) is 4.02. The van der Waals surface area contributed by atoms with Gasteiger partial charge in [-0.1, -0.05) is 54.1 Å². The Hall–Kier alpha value is -3.18. The maximum absolute atomic E-state index is 13.4. The van der Waals surface area contributed by atoms with Gasteiger partial charge in [0.2, 0.25) is 5.95 Å². The first-order valence-electron chi connectivity index (χ1n) is 9.54. The van der Waals surface area contributed by atoms with Gasteiger partial charge in [-0.05, 0) is 35.4 Å². The second kappa shape index (κ2) is 8.88. The van der Waals surface area contributed by atoms with Crippen LogP contribution in [0.1, 0.15) is 11.1 Å². The highest BCUT2D eigenvalue weighted by molar-refractivity contribution is 6.31. The van der Waals surface area contributed by atoms with Gasteiger partial charge >= 0.3 is 0 Å². The number of piperazine rings is 1. The van der Waals surface area contributed by atoms with Crippen LogP contribution in [0, 0.1) is 0 Å². The van der Waals surface area contributed by atoms with Gasteiger partial charge in [0.15, 0.2) is 0 Å². The van der Waals surface area contributed by atoms with Crippen LogP contribution in [0.5, 0.6) is 0 Å². The third-order valence-corrected chi connectivity index (χ3v) is 5.11. The Morgan fingerprint density at radius 2 is 1.62 bits per heavy atom. The molecule has 0 radical (unpaired) electrons. The number of aromatic nitrogens is 2. The van der Waals surface area contributed by atoms with E-state index in [0.29, 0.717) is 42.7 Å². The standard InChI is InChI=1S/C23H21ClN4O/c24-20-9-4-6-18(16-20)17-21(19-7-2-1-3-8-19)22(29)27-12-14-28(15-13-27)23-25-10-5-11-26-23/h1-11,16-17H,12-15H2/b21-17+. The van der Waals surface area contributed by atoms with E-state index >= 15 is 0 Å². The number of anilines is 1. The van der Waals surface area contributed by atoms with Crippen molar-refractivity contribution in [1.29, 1.82) is 0 Å². The van der Waals surface area contributed by atoms with Gasteiger partial charge in [0.25, 0.3) is 5.91 Å². The molecule has 29 heavy (non-hydrogen) atoms. The smallest absolute Gasteiger partial charge is 0.254 e.